The predicted octanol–water partition coefficient (Wildman–Crippen LogP) is 2.91. The highest BCUT2D eigenvalue weighted by atomic mass is 79.9. The van der Waals surface area contributed by atoms with Gasteiger partial charge in [-0.1, -0.05) is 31.2 Å². The molecular formula is C14H18BrN3. The molecule has 3 nitrogen and oxygen atoms in total. The summed E-state index contributed by atoms with van der Waals surface area (Å²) >= 11 is 3.64. The van der Waals surface area contributed by atoms with E-state index in [1.54, 1.807) is 0 Å². The molecule has 0 fully saturated rings. The van der Waals surface area contributed by atoms with Gasteiger partial charge in [0, 0.05) is 19.0 Å². The average molecular weight is 308 g/mol. The highest BCUT2D eigenvalue weighted by Crippen LogP contribution is 2.31. The monoisotopic (exact) mass is 307 g/mol. The fraction of sp³-hybridized carbons (Fsp3) is 0.357. The topological polar surface area (TPSA) is 43.8 Å². The number of hydrogen-bond acceptors (Lipinski definition) is 2. The van der Waals surface area contributed by atoms with Crippen molar-refractivity contribution in [1.82, 2.24) is 9.78 Å². The predicted molar refractivity (Wildman–Crippen MR) is 78.5 cm³/mol. The summed E-state index contributed by atoms with van der Waals surface area (Å²) in [5.74, 6) is 0. The molecule has 4 heteroatoms. The molecule has 0 amide bonds. The van der Waals surface area contributed by atoms with Crippen LogP contribution in [0.5, 0.6) is 0 Å². The van der Waals surface area contributed by atoms with Crippen LogP contribution in [0.15, 0.2) is 28.7 Å². The van der Waals surface area contributed by atoms with E-state index in [-0.39, 0.29) is 0 Å². The van der Waals surface area contributed by atoms with Gasteiger partial charge in [0.05, 0.1) is 15.9 Å². The normalized spacial score (nSPS) is 10.9. The molecule has 0 unspecified atom stereocenters. The van der Waals surface area contributed by atoms with Crippen molar-refractivity contribution < 1.29 is 0 Å². The zero-order chi connectivity index (χ0) is 13.1. The minimum Gasteiger partial charge on any atom is -0.330 e. The summed E-state index contributed by atoms with van der Waals surface area (Å²) in [6.45, 7) is 2.78. The molecule has 1 aromatic heterocycles. The van der Waals surface area contributed by atoms with Crippen LogP contribution in [0.3, 0.4) is 0 Å². The van der Waals surface area contributed by atoms with E-state index in [1.807, 2.05) is 11.7 Å². The second kappa shape index (κ2) is 5.67. The van der Waals surface area contributed by atoms with Crippen LogP contribution in [0.2, 0.25) is 0 Å². The van der Waals surface area contributed by atoms with Crippen molar-refractivity contribution >= 4 is 15.9 Å². The fourth-order valence-electron chi connectivity index (χ4n) is 2.06. The van der Waals surface area contributed by atoms with Gasteiger partial charge in [-0.3, -0.25) is 4.68 Å². The minimum absolute atomic E-state index is 0.615. The molecule has 0 aliphatic carbocycles. The van der Waals surface area contributed by atoms with Gasteiger partial charge in [0.25, 0.3) is 0 Å². The third kappa shape index (κ3) is 2.49. The summed E-state index contributed by atoms with van der Waals surface area (Å²) in [5.41, 5.74) is 10.3. The number of halogens is 1. The Kier molecular flexibility index (Phi) is 4.19. The minimum atomic E-state index is 0.615. The van der Waals surface area contributed by atoms with Crippen molar-refractivity contribution in [3.8, 4) is 11.3 Å². The Morgan fingerprint density at radius 2 is 1.94 bits per heavy atom. The molecule has 18 heavy (non-hydrogen) atoms. The lowest BCUT2D eigenvalue weighted by Crippen LogP contribution is -2.04. The first-order chi connectivity index (χ1) is 8.67. The zero-order valence-corrected chi connectivity index (χ0v) is 12.4. The number of nitrogens with two attached hydrogens (primary N) is 1. The molecule has 2 aromatic rings. The van der Waals surface area contributed by atoms with E-state index in [0.29, 0.717) is 6.54 Å². The molecule has 0 spiro atoms. The van der Waals surface area contributed by atoms with Gasteiger partial charge in [-0.25, -0.2) is 0 Å². The molecule has 0 bridgehead atoms. The number of benzene rings is 1. The fourth-order valence-corrected chi connectivity index (χ4v) is 2.83. The first-order valence-electron chi connectivity index (χ1n) is 6.18. The quantitative estimate of drug-likeness (QED) is 0.944. The summed E-state index contributed by atoms with van der Waals surface area (Å²) in [5, 5.41) is 4.51. The highest BCUT2D eigenvalue weighted by molar-refractivity contribution is 9.10. The summed E-state index contributed by atoms with van der Waals surface area (Å²) in [6.07, 6.45) is 1.85. The Morgan fingerprint density at radius 3 is 2.50 bits per heavy atom. The Hall–Kier alpha value is -1.13. The number of hydrogen-bond donors (Lipinski definition) is 1. The molecule has 1 aromatic carbocycles. The van der Waals surface area contributed by atoms with Crippen molar-refractivity contribution in [2.45, 2.75) is 19.8 Å². The van der Waals surface area contributed by atoms with E-state index in [0.717, 1.165) is 28.7 Å². The molecule has 0 saturated carbocycles. The molecule has 2 rings (SSSR count). The zero-order valence-electron chi connectivity index (χ0n) is 10.8. The van der Waals surface area contributed by atoms with E-state index in [9.17, 15) is 0 Å². The van der Waals surface area contributed by atoms with Crippen LogP contribution in [0.25, 0.3) is 11.3 Å². The second-order valence-corrected chi connectivity index (χ2v) is 5.12. The summed E-state index contributed by atoms with van der Waals surface area (Å²) < 4.78 is 2.97. The lowest BCUT2D eigenvalue weighted by atomic mass is 10.1. The largest absolute Gasteiger partial charge is 0.330 e. The van der Waals surface area contributed by atoms with Crippen molar-refractivity contribution in [3.63, 3.8) is 0 Å². The first-order valence-corrected chi connectivity index (χ1v) is 6.97. The standard InChI is InChI=1S/C14H18BrN3/c1-3-10-4-6-11(7-5-10)14-13(15)12(8-9-16)17-18(14)2/h4-7H,3,8-9,16H2,1-2H3. The SMILES string of the molecule is CCc1ccc(-c2c(Br)c(CCN)nn2C)cc1. The number of nitrogens with zero attached hydrogens (tertiary/aromatic N) is 2. The van der Waals surface area contributed by atoms with Crippen molar-refractivity contribution in [3.05, 3.63) is 40.0 Å². The Morgan fingerprint density at radius 1 is 1.28 bits per heavy atom. The van der Waals surface area contributed by atoms with Crippen LogP contribution in [-0.2, 0) is 19.9 Å². The molecule has 0 aliphatic rings. The van der Waals surface area contributed by atoms with Gasteiger partial charge in [-0.2, -0.15) is 5.10 Å². The van der Waals surface area contributed by atoms with E-state index in [1.165, 1.54) is 11.1 Å². The van der Waals surface area contributed by atoms with Crippen molar-refractivity contribution in [2.24, 2.45) is 12.8 Å². The Bertz CT molecular complexity index is 529. The van der Waals surface area contributed by atoms with Crippen LogP contribution in [0.1, 0.15) is 18.2 Å². The Labute approximate surface area is 116 Å². The van der Waals surface area contributed by atoms with Crippen LogP contribution in [0, 0.1) is 0 Å². The summed E-state index contributed by atoms with van der Waals surface area (Å²) in [7, 11) is 1.97. The van der Waals surface area contributed by atoms with Gasteiger partial charge in [0.2, 0.25) is 0 Å². The number of aromatic nitrogens is 2. The van der Waals surface area contributed by atoms with Crippen LogP contribution >= 0.6 is 15.9 Å². The van der Waals surface area contributed by atoms with E-state index in [4.69, 9.17) is 5.73 Å². The third-order valence-electron chi connectivity index (χ3n) is 3.07. The van der Waals surface area contributed by atoms with Crippen LogP contribution < -0.4 is 5.73 Å². The van der Waals surface area contributed by atoms with Crippen LogP contribution in [-0.4, -0.2) is 16.3 Å². The smallest absolute Gasteiger partial charge is 0.0824 e. The number of rotatable bonds is 4. The van der Waals surface area contributed by atoms with Gasteiger partial charge in [0.1, 0.15) is 0 Å². The summed E-state index contributed by atoms with van der Waals surface area (Å²) in [4.78, 5) is 0. The molecule has 0 atom stereocenters. The molecule has 0 aliphatic heterocycles. The van der Waals surface area contributed by atoms with Gasteiger partial charge < -0.3 is 5.73 Å². The summed E-state index contributed by atoms with van der Waals surface area (Å²) in [6, 6.07) is 8.62. The molecule has 0 radical (unpaired) electrons. The first kappa shape index (κ1) is 13.3. The maximum atomic E-state index is 5.60. The van der Waals surface area contributed by atoms with Gasteiger partial charge in [0.15, 0.2) is 0 Å². The average Bonchev–Trinajstić information content (AvgIpc) is 2.65. The highest BCUT2D eigenvalue weighted by Gasteiger charge is 2.14. The van der Waals surface area contributed by atoms with Gasteiger partial charge in [-0.15, -0.1) is 0 Å². The third-order valence-corrected chi connectivity index (χ3v) is 3.91. The lowest BCUT2D eigenvalue weighted by molar-refractivity contribution is 0.745. The van der Waals surface area contributed by atoms with Crippen molar-refractivity contribution in [2.75, 3.05) is 6.54 Å². The van der Waals surface area contributed by atoms with Crippen molar-refractivity contribution in [1.29, 1.82) is 0 Å². The van der Waals surface area contributed by atoms with E-state index >= 15 is 0 Å². The molecule has 0 saturated heterocycles. The second-order valence-electron chi connectivity index (χ2n) is 4.32. The van der Waals surface area contributed by atoms with E-state index in [2.05, 4.69) is 52.2 Å². The molecular weight excluding hydrogens is 290 g/mol. The Balaban J connectivity index is 2.43. The molecule has 1 heterocycles. The maximum absolute atomic E-state index is 5.60. The molecule has 2 N–H and O–H groups in total. The lowest BCUT2D eigenvalue weighted by Gasteiger charge is -2.04. The van der Waals surface area contributed by atoms with Crippen LogP contribution in [0.4, 0.5) is 0 Å². The van der Waals surface area contributed by atoms with Gasteiger partial charge >= 0.3 is 0 Å². The number of aryl methyl sites for hydroxylation is 2. The molecule has 96 valence electrons. The maximum Gasteiger partial charge on any atom is 0.0824 e. The van der Waals surface area contributed by atoms with E-state index < -0.39 is 0 Å². The van der Waals surface area contributed by atoms with Gasteiger partial charge in [-0.05, 0) is 34.5 Å².